The first-order chi connectivity index (χ1) is 12.3. The van der Waals surface area contributed by atoms with Crippen molar-refractivity contribution >= 4 is 29.3 Å². The Morgan fingerprint density at radius 1 is 1.27 bits per heavy atom. The molecule has 1 fully saturated rings. The van der Waals surface area contributed by atoms with Crippen molar-refractivity contribution in [2.24, 2.45) is 0 Å². The molecule has 0 saturated carbocycles. The Labute approximate surface area is 153 Å². The van der Waals surface area contributed by atoms with Crippen LogP contribution in [-0.4, -0.2) is 74.6 Å². The third-order valence-corrected chi connectivity index (χ3v) is 3.84. The number of hydrogen-bond donors (Lipinski definition) is 4. The van der Waals surface area contributed by atoms with Gasteiger partial charge in [-0.2, -0.15) is 0 Å². The molecular formula is C17H26N6O3. The predicted molar refractivity (Wildman–Crippen MR) is 100 cm³/mol. The van der Waals surface area contributed by atoms with E-state index in [1.54, 1.807) is 21.9 Å². The van der Waals surface area contributed by atoms with Crippen LogP contribution in [0.25, 0.3) is 0 Å². The number of urea groups is 2. The molecule has 1 saturated heterocycles. The number of nitrogens with zero attached hydrogens (tertiary/aromatic N) is 2. The minimum Gasteiger partial charge on any atom is -0.336 e. The summed E-state index contributed by atoms with van der Waals surface area (Å²) >= 11 is 0. The molecule has 9 nitrogen and oxygen atoms in total. The predicted octanol–water partition coefficient (Wildman–Crippen LogP) is 0.642. The van der Waals surface area contributed by atoms with Crippen molar-refractivity contribution in [3.63, 3.8) is 0 Å². The standard InChI is InChI=1S/C17H26N6O3/c1-12-4-5-13(10-14(12)21-15(24)11-22(2)3)20-16(25)18-6-8-23-9-7-19-17(23)26/h4-5,10H,6-9,11H2,1-3H3,(H,19,26)(H,21,24)(H2,18,20,25). The second-order valence-corrected chi connectivity index (χ2v) is 6.42. The highest BCUT2D eigenvalue weighted by Gasteiger charge is 2.18. The van der Waals surface area contributed by atoms with Gasteiger partial charge in [-0.1, -0.05) is 6.07 Å². The van der Waals surface area contributed by atoms with Crippen LogP contribution in [0.1, 0.15) is 5.56 Å². The topological polar surface area (TPSA) is 106 Å². The van der Waals surface area contributed by atoms with Gasteiger partial charge in [-0.3, -0.25) is 4.79 Å². The number of carbonyl (C=O) groups excluding carboxylic acids is 3. The molecule has 1 aromatic rings. The van der Waals surface area contributed by atoms with Crippen molar-refractivity contribution in [2.45, 2.75) is 6.92 Å². The molecule has 1 aromatic carbocycles. The molecule has 4 N–H and O–H groups in total. The highest BCUT2D eigenvalue weighted by Crippen LogP contribution is 2.20. The van der Waals surface area contributed by atoms with Crippen molar-refractivity contribution in [3.8, 4) is 0 Å². The van der Waals surface area contributed by atoms with E-state index in [9.17, 15) is 14.4 Å². The second-order valence-electron chi connectivity index (χ2n) is 6.42. The first kappa shape index (κ1) is 19.5. The molecule has 0 aromatic heterocycles. The highest BCUT2D eigenvalue weighted by atomic mass is 16.2. The van der Waals surface area contributed by atoms with Gasteiger partial charge in [-0.05, 0) is 38.7 Å². The van der Waals surface area contributed by atoms with E-state index in [1.807, 2.05) is 27.1 Å². The maximum Gasteiger partial charge on any atom is 0.319 e. The van der Waals surface area contributed by atoms with Crippen LogP contribution < -0.4 is 21.3 Å². The molecule has 1 aliphatic rings. The number of carbonyl (C=O) groups is 3. The molecule has 5 amide bonds. The van der Waals surface area contributed by atoms with E-state index in [1.165, 1.54) is 0 Å². The van der Waals surface area contributed by atoms with Crippen molar-refractivity contribution in [3.05, 3.63) is 23.8 Å². The van der Waals surface area contributed by atoms with E-state index in [0.717, 1.165) is 5.56 Å². The molecule has 26 heavy (non-hydrogen) atoms. The van der Waals surface area contributed by atoms with Crippen molar-refractivity contribution in [2.75, 3.05) is 57.5 Å². The maximum atomic E-state index is 12.0. The van der Waals surface area contributed by atoms with Crippen LogP contribution in [0.3, 0.4) is 0 Å². The molecule has 0 aliphatic carbocycles. The Balaban J connectivity index is 1.84. The Hall–Kier alpha value is -2.81. The number of benzene rings is 1. The van der Waals surface area contributed by atoms with Gasteiger partial charge in [0.05, 0.1) is 6.54 Å². The van der Waals surface area contributed by atoms with Crippen LogP contribution in [0.4, 0.5) is 21.0 Å². The zero-order valence-corrected chi connectivity index (χ0v) is 15.4. The maximum absolute atomic E-state index is 12.0. The molecule has 9 heteroatoms. The third-order valence-electron chi connectivity index (χ3n) is 3.84. The van der Waals surface area contributed by atoms with Crippen molar-refractivity contribution < 1.29 is 14.4 Å². The average molecular weight is 362 g/mol. The van der Waals surface area contributed by atoms with E-state index in [2.05, 4.69) is 21.3 Å². The van der Waals surface area contributed by atoms with Gasteiger partial charge in [-0.25, -0.2) is 9.59 Å². The minimum absolute atomic E-state index is 0.108. The fourth-order valence-corrected chi connectivity index (χ4v) is 2.52. The van der Waals surface area contributed by atoms with Crippen LogP contribution in [0.5, 0.6) is 0 Å². The lowest BCUT2D eigenvalue weighted by atomic mass is 10.1. The SMILES string of the molecule is Cc1ccc(NC(=O)NCCN2CCNC2=O)cc1NC(=O)CN(C)C. The summed E-state index contributed by atoms with van der Waals surface area (Å²) in [4.78, 5) is 38.7. The quantitative estimate of drug-likeness (QED) is 0.571. The van der Waals surface area contributed by atoms with Crippen LogP contribution in [0.15, 0.2) is 18.2 Å². The Kier molecular flexibility index (Phi) is 6.79. The van der Waals surface area contributed by atoms with Crippen LogP contribution >= 0.6 is 0 Å². The number of amides is 5. The first-order valence-corrected chi connectivity index (χ1v) is 8.48. The fourth-order valence-electron chi connectivity index (χ4n) is 2.52. The monoisotopic (exact) mass is 362 g/mol. The Morgan fingerprint density at radius 3 is 2.69 bits per heavy atom. The minimum atomic E-state index is -0.362. The van der Waals surface area contributed by atoms with E-state index < -0.39 is 0 Å². The van der Waals surface area contributed by atoms with E-state index in [4.69, 9.17) is 0 Å². The van der Waals surface area contributed by atoms with E-state index in [-0.39, 0.29) is 24.5 Å². The van der Waals surface area contributed by atoms with Gasteiger partial charge in [0.15, 0.2) is 0 Å². The zero-order chi connectivity index (χ0) is 19.1. The fraction of sp³-hybridized carbons (Fsp3) is 0.471. The Bertz CT molecular complexity index is 676. The third kappa shape index (κ3) is 5.92. The lowest BCUT2D eigenvalue weighted by Gasteiger charge is -2.15. The lowest BCUT2D eigenvalue weighted by Crippen LogP contribution is -2.38. The summed E-state index contributed by atoms with van der Waals surface area (Å²) in [5.41, 5.74) is 2.14. The largest absolute Gasteiger partial charge is 0.336 e. The van der Waals surface area contributed by atoms with Crippen molar-refractivity contribution in [1.29, 1.82) is 0 Å². The van der Waals surface area contributed by atoms with Crippen LogP contribution in [0.2, 0.25) is 0 Å². The van der Waals surface area contributed by atoms with Gasteiger partial charge in [0.2, 0.25) is 5.91 Å². The lowest BCUT2D eigenvalue weighted by molar-refractivity contribution is -0.116. The van der Waals surface area contributed by atoms with E-state index >= 15 is 0 Å². The summed E-state index contributed by atoms with van der Waals surface area (Å²) in [6.45, 7) is 4.27. The summed E-state index contributed by atoms with van der Waals surface area (Å²) in [6, 6.07) is 4.85. The summed E-state index contributed by atoms with van der Waals surface area (Å²) < 4.78 is 0. The Morgan fingerprint density at radius 2 is 2.04 bits per heavy atom. The van der Waals surface area contributed by atoms with Gasteiger partial charge in [0.25, 0.3) is 0 Å². The molecule has 1 aliphatic heterocycles. The molecule has 0 atom stereocenters. The average Bonchev–Trinajstić information content (AvgIpc) is 2.95. The molecule has 142 valence electrons. The molecule has 0 unspecified atom stereocenters. The molecule has 2 rings (SSSR count). The number of aryl methyl sites for hydroxylation is 1. The molecule has 1 heterocycles. The molecule has 0 radical (unpaired) electrons. The first-order valence-electron chi connectivity index (χ1n) is 8.48. The van der Waals surface area contributed by atoms with Crippen LogP contribution in [0, 0.1) is 6.92 Å². The summed E-state index contributed by atoms with van der Waals surface area (Å²) in [5.74, 6) is -0.122. The number of hydrogen-bond acceptors (Lipinski definition) is 4. The van der Waals surface area contributed by atoms with Gasteiger partial charge in [-0.15, -0.1) is 0 Å². The van der Waals surface area contributed by atoms with Crippen molar-refractivity contribution in [1.82, 2.24) is 20.4 Å². The highest BCUT2D eigenvalue weighted by molar-refractivity contribution is 5.95. The number of anilines is 2. The second kappa shape index (κ2) is 9.04. The number of rotatable bonds is 7. The molecular weight excluding hydrogens is 336 g/mol. The molecule has 0 spiro atoms. The van der Waals surface area contributed by atoms with Crippen LogP contribution in [-0.2, 0) is 4.79 Å². The van der Waals surface area contributed by atoms with Gasteiger partial charge >= 0.3 is 12.1 Å². The van der Waals surface area contributed by atoms with Gasteiger partial charge in [0, 0.05) is 37.6 Å². The summed E-state index contributed by atoms with van der Waals surface area (Å²) in [7, 11) is 3.64. The van der Waals surface area contributed by atoms with Gasteiger partial charge < -0.3 is 31.1 Å². The smallest absolute Gasteiger partial charge is 0.319 e. The zero-order valence-electron chi connectivity index (χ0n) is 15.4. The summed E-state index contributed by atoms with van der Waals surface area (Å²) in [6.07, 6.45) is 0. The van der Waals surface area contributed by atoms with Gasteiger partial charge in [0.1, 0.15) is 0 Å². The molecule has 0 bridgehead atoms. The number of likely N-dealkylation sites (N-methyl/N-ethyl adjacent to an activating group) is 1. The summed E-state index contributed by atoms with van der Waals surface area (Å²) in [5, 5.41) is 11.0. The van der Waals surface area contributed by atoms with E-state index in [0.29, 0.717) is 37.6 Å². The number of nitrogens with one attached hydrogen (secondary N) is 4. The normalized spacial score (nSPS) is 13.5.